The summed E-state index contributed by atoms with van der Waals surface area (Å²) in [4.78, 5) is 12.4. The molecule has 0 spiro atoms. The fraction of sp³-hybridized carbons (Fsp3) is 0.545. The van der Waals surface area contributed by atoms with Crippen molar-refractivity contribution >= 4 is 29.1 Å². The quantitative estimate of drug-likeness (QED) is 0.720. The molecule has 2 nitrogen and oxygen atoms in total. The number of hydrogen-bond donors (Lipinski definition) is 0. The highest BCUT2D eigenvalue weighted by Crippen LogP contribution is 2.18. The van der Waals surface area contributed by atoms with E-state index in [1.807, 2.05) is 11.8 Å². The number of thioether (sulfide) groups is 1. The van der Waals surface area contributed by atoms with Crippen LogP contribution in [0.2, 0.25) is 0 Å². The molecule has 0 fully saturated rings. The molecule has 0 aliphatic carbocycles. The lowest BCUT2D eigenvalue weighted by atomic mass is 10.3. The van der Waals surface area contributed by atoms with Crippen LogP contribution in [-0.2, 0) is 16.0 Å². The Hall–Kier alpha value is -0.480. The molecule has 1 atom stereocenters. The van der Waals surface area contributed by atoms with Gasteiger partial charge < -0.3 is 4.74 Å². The summed E-state index contributed by atoms with van der Waals surface area (Å²) in [6, 6.07) is 4.22. The maximum atomic E-state index is 11.0. The summed E-state index contributed by atoms with van der Waals surface area (Å²) in [7, 11) is 1.44. The number of carbonyl (C=O) groups is 1. The number of thiophene rings is 1. The third-order valence-electron chi connectivity index (χ3n) is 2.01. The molecule has 0 saturated heterocycles. The zero-order valence-electron chi connectivity index (χ0n) is 9.06. The molecule has 4 heteroatoms. The average molecular weight is 244 g/mol. The molecule has 0 aliphatic heterocycles. The Labute approximate surface area is 99.0 Å². The number of aryl methyl sites for hydroxylation is 1. The maximum absolute atomic E-state index is 11.0. The summed E-state index contributed by atoms with van der Waals surface area (Å²) in [5, 5.41) is 2.44. The third kappa shape index (κ3) is 5.23. The van der Waals surface area contributed by atoms with Crippen molar-refractivity contribution in [2.75, 3.05) is 12.9 Å². The van der Waals surface area contributed by atoms with Crippen molar-refractivity contribution in [3.05, 3.63) is 22.4 Å². The maximum Gasteiger partial charge on any atom is 0.306 e. The van der Waals surface area contributed by atoms with Crippen LogP contribution in [-0.4, -0.2) is 24.1 Å². The van der Waals surface area contributed by atoms with Crippen LogP contribution in [0, 0.1) is 0 Å². The van der Waals surface area contributed by atoms with Gasteiger partial charge >= 0.3 is 5.97 Å². The summed E-state index contributed by atoms with van der Waals surface area (Å²) in [5.74, 6) is 0.949. The van der Waals surface area contributed by atoms with Gasteiger partial charge in [0.1, 0.15) is 0 Å². The summed E-state index contributed by atoms with van der Waals surface area (Å²) in [6.07, 6.45) is 1.60. The summed E-state index contributed by atoms with van der Waals surface area (Å²) in [5.41, 5.74) is 0. The van der Waals surface area contributed by atoms with Crippen LogP contribution in [0.15, 0.2) is 17.5 Å². The second kappa shape index (κ2) is 6.90. The van der Waals surface area contributed by atoms with Gasteiger partial charge in [-0.1, -0.05) is 13.0 Å². The van der Waals surface area contributed by atoms with Crippen LogP contribution >= 0.6 is 23.1 Å². The molecule has 1 aromatic rings. The topological polar surface area (TPSA) is 26.3 Å². The third-order valence-corrected chi connectivity index (χ3v) is 4.12. The van der Waals surface area contributed by atoms with E-state index in [0.717, 1.165) is 12.2 Å². The molecule has 1 unspecified atom stereocenters. The number of esters is 1. The minimum atomic E-state index is -0.119. The zero-order chi connectivity index (χ0) is 11.1. The van der Waals surface area contributed by atoms with Gasteiger partial charge in [-0.15, -0.1) is 11.3 Å². The van der Waals surface area contributed by atoms with Gasteiger partial charge in [0.15, 0.2) is 0 Å². The van der Waals surface area contributed by atoms with E-state index >= 15 is 0 Å². The van der Waals surface area contributed by atoms with Gasteiger partial charge in [-0.25, -0.2) is 0 Å². The lowest BCUT2D eigenvalue weighted by Crippen LogP contribution is -2.09. The number of carbonyl (C=O) groups excluding carboxylic acids is 1. The fourth-order valence-electron chi connectivity index (χ4n) is 1.19. The van der Waals surface area contributed by atoms with Gasteiger partial charge in [-0.3, -0.25) is 4.79 Å². The predicted molar refractivity (Wildman–Crippen MR) is 66.6 cm³/mol. The van der Waals surface area contributed by atoms with E-state index in [-0.39, 0.29) is 5.97 Å². The number of rotatable bonds is 6. The fourth-order valence-corrected chi connectivity index (χ4v) is 3.02. The van der Waals surface area contributed by atoms with E-state index in [1.165, 1.54) is 12.0 Å². The molecule has 0 amide bonds. The Balaban J connectivity index is 2.12. The zero-order valence-corrected chi connectivity index (χ0v) is 10.7. The highest BCUT2D eigenvalue weighted by Gasteiger charge is 2.09. The summed E-state index contributed by atoms with van der Waals surface area (Å²) < 4.78 is 4.62. The molecule has 0 aliphatic rings. The van der Waals surface area contributed by atoms with E-state index in [4.69, 9.17) is 0 Å². The number of ether oxygens (including phenoxy) is 1. The second-order valence-electron chi connectivity index (χ2n) is 3.29. The predicted octanol–water partition coefficient (Wildman–Crippen LogP) is 2.98. The molecule has 0 N–H and O–H groups in total. The van der Waals surface area contributed by atoms with Crippen molar-refractivity contribution in [2.24, 2.45) is 0 Å². The summed E-state index contributed by atoms with van der Waals surface area (Å²) in [6.45, 7) is 2.07. The van der Waals surface area contributed by atoms with Gasteiger partial charge in [0, 0.05) is 10.1 Å². The molecule has 1 aromatic heterocycles. The first-order chi connectivity index (χ1) is 7.22. The van der Waals surface area contributed by atoms with Crippen molar-refractivity contribution < 1.29 is 9.53 Å². The molecular weight excluding hydrogens is 228 g/mol. The van der Waals surface area contributed by atoms with E-state index in [9.17, 15) is 4.79 Å². The smallest absolute Gasteiger partial charge is 0.306 e. The van der Waals surface area contributed by atoms with E-state index in [2.05, 4.69) is 29.2 Å². The van der Waals surface area contributed by atoms with Gasteiger partial charge in [0.25, 0.3) is 0 Å². The first kappa shape index (κ1) is 12.6. The van der Waals surface area contributed by atoms with Gasteiger partial charge in [-0.2, -0.15) is 11.8 Å². The van der Waals surface area contributed by atoms with E-state index in [1.54, 1.807) is 11.3 Å². The van der Waals surface area contributed by atoms with Gasteiger partial charge in [0.2, 0.25) is 0 Å². The van der Waals surface area contributed by atoms with Crippen molar-refractivity contribution in [2.45, 2.75) is 25.0 Å². The highest BCUT2D eigenvalue weighted by molar-refractivity contribution is 7.99. The normalized spacial score (nSPS) is 12.4. The minimum Gasteiger partial charge on any atom is -0.469 e. The van der Waals surface area contributed by atoms with Gasteiger partial charge in [0.05, 0.1) is 13.5 Å². The largest absolute Gasteiger partial charge is 0.469 e. The minimum absolute atomic E-state index is 0.119. The number of hydrogen-bond acceptors (Lipinski definition) is 4. The molecule has 1 rings (SSSR count). The van der Waals surface area contributed by atoms with Gasteiger partial charge in [-0.05, 0) is 23.6 Å². The number of methoxy groups -OCH3 is 1. The molecule has 0 aromatic carbocycles. The first-order valence-corrected chi connectivity index (χ1v) is 6.86. The Kier molecular flexibility index (Phi) is 5.79. The molecule has 0 bridgehead atoms. The van der Waals surface area contributed by atoms with Crippen LogP contribution in [0.1, 0.15) is 18.2 Å². The van der Waals surface area contributed by atoms with Crippen molar-refractivity contribution in [1.29, 1.82) is 0 Å². The Morgan fingerprint density at radius 2 is 2.47 bits per heavy atom. The second-order valence-corrected chi connectivity index (χ2v) is 5.87. The molecule has 15 heavy (non-hydrogen) atoms. The highest BCUT2D eigenvalue weighted by atomic mass is 32.2. The van der Waals surface area contributed by atoms with E-state index < -0.39 is 0 Å². The van der Waals surface area contributed by atoms with Crippen molar-refractivity contribution in [3.8, 4) is 0 Å². The Bertz CT molecular complexity index is 283. The van der Waals surface area contributed by atoms with E-state index in [0.29, 0.717) is 11.7 Å². The van der Waals surface area contributed by atoms with Crippen LogP contribution in [0.3, 0.4) is 0 Å². The van der Waals surface area contributed by atoms with Crippen LogP contribution in [0.4, 0.5) is 0 Å². The lowest BCUT2D eigenvalue weighted by Gasteiger charge is -2.08. The molecule has 0 radical (unpaired) electrons. The van der Waals surface area contributed by atoms with Crippen molar-refractivity contribution in [1.82, 2.24) is 0 Å². The van der Waals surface area contributed by atoms with Crippen LogP contribution < -0.4 is 0 Å². The molecular formula is C11H16O2S2. The Morgan fingerprint density at radius 3 is 3.07 bits per heavy atom. The average Bonchev–Trinajstić information content (AvgIpc) is 2.70. The first-order valence-electron chi connectivity index (χ1n) is 4.93. The molecule has 1 heterocycles. The van der Waals surface area contributed by atoms with Crippen molar-refractivity contribution in [3.63, 3.8) is 0 Å². The summed E-state index contributed by atoms with van der Waals surface area (Å²) >= 11 is 3.61. The SMILES string of the molecule is COC(=O)CC(C)SCCc1cccs1. The van der Waals surface area contributed by atoms with Crippen LogP contribution in [0.25, 0.3) is 0 Å². The Morgan fingerprint density at radius 1 is 1.67 bits per heavy atom. The van der Waals surface area contributed by atoms with Crippen LogP contribution in [0.5, 0.6) is 0 Å². The standard InChI is InChI=1S/C11H16O2S2/c1-9(8-11(12)13-2)14-7-5-10-4-3-6-15-10/h3-4,6,9H,5,7-8H2,1-2H3. The molecule has 0 saturated carbocycles. The molecule has 84 valence electrons. The lowest BCUT2D eigenvalue weighted by molar-refractivity contribution is -0.140. The monoisotopic (exact) mass is 244 g/mol.